The van der Waals surface area contributed by atoms with Crippen molar-refractivity contribution < 1.29 is 9.32 Å². The second kappa shape index (κ2) is 8.38. The molecule has 0 radical (unpaired) electrons. The third-order valence-electron chi connectivity index (χ3n) is 4.18. The number of amides is 1. The third-order valence-corrected chi connectivity index (χ3v) is 4.18. The number of aryl methyl sites for hydroxylation is 2. The fourth-order valence-corrected chi connectivity index (χ4v) is 2.68. The normalized spacial score (nSPS) is 11.9. The first-order valence-electron chi connectivity index (χ1n) is 8.74. The monoisotopic (exact) mass is 350 g/mol. The Morgan fingerprint density at radius 3 is 2.73 bits per heavy atom. The van der Waals surface area contributed by atoms with Crippen LogP contribution in [0.2, 0.25) is 0 Å². The summed E-state index contributed by atoms with van der Waals surface area (Å²) >= 11 is 0. The molecular weight excluding hydrogens is 328 g/mol. The quantitative estimate of drug-likeness (QED) is 0.703. The zero-order valence-electron chi connectivity index (χ0n) is 15.0. The van der Waals surface area contributed by atoms with Crippen LogP contribution in [0.5, 0.6) is 0 Å². The fraction of sp³-hybridized carbons (Fsp3) is 0.300. The van der Waals surface area contributed by atoms with E-state index in [0.29, 0.717) is 24.6 Å². The third kappa shape index (κ3) is 4.53. The molecule has 0 aliphatic rings. The Labute approximate surface area is 152 Å². The summed E-state index contributed by atoms with van der Waals surface area (Å²) in [5.74, 6) is 0.903. The number of carbonyl (C=O) groups is 1. The van der Waals surface area contributed by atoms with Crippen molar-refractivity contribution in [2.75, 3.05) is 0 Å². The van der Waals surface area contributed by atoms with Crippen LogP contribution in [0.15, 0.2) is 53.3 Å². The van der Waals surface area contributed by atoms with Crippen LogP contribution in [0.1, 0.15) is 42.8 Å². The summed E-state index contributed by atoms with van der Waals surface area (Å²) in [5.41, 5.74) is 3.11. The maximum absolute atomic E-state index is 12.3. The average Bonchev–Trinajstić information content (AvgIpc) is 3.15. The molecule has 2 aromatic heterocycles. The molecule has 0 saturated heterocycles. The van der Waals surface area contributed by atoms with Gasteiger partial charge in [-0.25, -0.2) is 0 Å². The molecular formula is C20H22N4O2. The summed E-state index contributed by atoms with van der Waals surface area (Å²) in [6.45, 7) is 4.11. The Morgan fingerprint density at radius 2 is 2.04 bits per heavy atom. The highest BCUT2D eigenvalue weighted by Gasteiger charge is 2.14. The van der Waals surface area contributed by atoms with E-state index in [9.17, 15) is 4.79 Å². The van der Waals surface area contributed by atoms with Gasteiger partial charge in [-0.15, -0.1) is 0 Å². The minimum atomic E-state index is -0.0291. The van der Waals surface area contributed by atoms with Gasteiger partial charge in [-0.3, -0.25) is 9.78 Å². The van der Waals surface area contributed by atoms with Crippen molar-refractivity contribution >= 4 is 5.91 Å². The number of nitrogens with zero attached hydrogens (tertiary/aromatic N) is 3. The van der Waals surface area contributed by atoms with Crippen LogP contribution in [0, 0.1) is 6.92 Å². The van der Waals surface area contributed by atoms with Crippen LogP contribution < -0.4 is 5.32 Å². The topological polar surface area (TPSA) is 80.9 Å². The number of benzene rings is 1. The first-order valence-corrected chi connectivity index (χ1v) is 8.74. The lowest BCUT2D eigenvalue weighted by atomic mass is 10.0. The molecule has 1 N–H and O–H groups in total. The Hall–Kier alpha value is -3.02. The molecule has 2 heterocycles. The van der Waals surface area contributed by atoms with Crippen LogP contribution in [0.25, 0.3) is 11.4 Å². The van der Waals surface area contributed by atoms with E-state index in [-0.39, 0.29) is 11.9 Å². The van der Waals surface area contributed by atoms with Gasteiger partial charge in [0.2, 0.25) is 17.6 Å². The highest BCUT2D eigenvalue weighted by molar-refractivity contribution is 5.76. The van der Waals surface area contributed by atoms with Crippen LogP contribution in [-0.2, 0) is 11.2 Å². The molecule has 0 aliphatic heterocycles. The molecule has 6 heteroatoms. The molecule has 0 saturated carbocycles. The number of aromatic nitrogens is 3. The number of nitrogens with one attached hydrogen (secondary N) is 1. The minimum Gasteiger partial charge on any atom is -0.349 e. The lowest BCUT2D eigenvalue weighted by Gasteiger charge is -2.17. The first kappa shape index (κ1) is 17.8. The van der Waals surface area contributed by atoms with E-state index in [1.54, 1.807) is 12.4 Å². The molecule has 1 atom stereocenters. The molecule has 6 nitrogen and oxygen atoms in total. The fourth-order valence-electron chi connectivity index (χ4n) is 2.68. The van der Waals surface area contributed by atoms with E-state index in [4.69, 9.17) is 4.52 Å². The molecule has 0 aliphatic carbocycles. The largest absolute Gasteiger partial charge is 0.349 e. The number of pyridine rings is 1. The molecule has 134 valence electrons. The number of hydrogen-bond acceptors (Lipinski definition) is 5. The summed E-state index contributed by atoms with van der Waals surface area (Å²) < 4.78 is 5.23. The highest BCUT2D eigenvalue weighted by atomic mass is 16.5. The Balaban J connectivity index is 1.55. The Bertz CT molecular complexity index is 844. The van der Waals surface area contributed by atoms with Crippen molar-refractivity contribution in [3.63, 3.8) is 0 Å². The molecule has 1 amide bonds. The van der Waals surface area contributed by atoms with Crippen molar-refractivity contribution in [2.45, 2.75) is 39.2 Å². The molecule has 3 aromatic rings. The van der Waals surface area contributed by atoms with E-state index in [1.807, 2.05) is 19.1 Å². The number of rotatable bonds is 7. The molecule has 26 heavy (non-hydrogen) atoms. The minimum absolute atomic E-state index is 0.0109. The second-order valence-electron chi connectivity index (χ2n) is 6.19. The average molecular weight is 350 g/mol. The van der Waals surface area contributed by atoms with Gasteiger partial charge in [-0.1, -0.05) is 41.9 Å². The maximum Gasteiger partial charge on any atom is 0.227 e. The smallest absolute Gasteiger partial charge is 0.227 e. The van der Waals surface area contributed by atoms with Gasteiger partial charge >= 0.3 is 0 Å². The molecule has 0 bridgehead atoms. The van der Waals surface area contributed by atoms with Crippen LogP contribution in [-0.4, -0.2) is 21.0 Å². The molecule has 0 fully saturated rings. The molecule has 0 spiro atoms. The summed E-state index contributed by atoms with van der Waals surface area (Å²) in [5, 5.41) is 7.01. The zero-order valence-corrected chi connectivity index (χ0v) is 15.0. The summed E-state index contributed by atoms with van der Waals surface area (Å²) in [6.07, 6.45) is 4.91. The van der Waals surface area contributed by atoms with Gasteiger partial charge in [0.25, 0.3) is 0 Å². The zero-order chi connectivity index (χ0) is 18.4. The van der Waals surface area contributed by atoms with E-state index in [2.05, 4.69) is 51.6 Å². The maximum atomic E-state index is 12.3. The SMILES string of the molecule is CC[C@@H](NC(=O)CCc1nc(-c2cccnc2)no1)c1ccc(C)cc1. The van der Waals surface area contributed by atoms with Crippen molar-refractivity contribution in [3.05, 3.63) is 65.8 Å². The van der Waals surface area contributed by atoms with E-state index in [0.717, 1.165) is 17.5 Å². The van der Waals surface area contributed by atoms with Gasteiger partial charge in [0.15, 0.2) is 0 Å². The Kier molecular flexibility index (Phi) is 5.73. The predicted molar refractivity (Wildman–Crippen MR) is 98.2 cm³/mol. The first-order chi connectivity index (χ1) is 12.7. The van der Waals surface area contributed by atoms with Gasteiger partial charge in [0, 0.05) is 30.8 Å². The molecule has 1 aromatic carbocycles. The van der Waals surface area contributed by atoms with Crippen molar-refractivity contribution in [3.8, 4) is 11.4 Å². The van der Waals surface area contributed by atoms with Crippen molar-refractivity contribution in [1.29, 1.82) is 0 Å². The summed E-state index contributed by atoms with van der Waals surface area (Å²) in [7, 11) is 0. The van der Waals surface area contributed by atoms with Gasteiger partial charge in [-0.2, -0.15) is 4.98 Å². The second-order valence-corrected chi connectivity index (χ2v) is 6.19. The molecule has 3 rings (SSSR count). The van der Waals surface area contributed by atoms with Crippen molar-refractivity contribution in [1.82, 2.24) is 20.4 Å². The number of carbonyl (C=O) groups excluding carboxylic acids is 1. The van der Waals surface area contributed by atoms with E-state index < -0.39 is 0 Å². The van der Waals surface area contributed by atoms with Gasteiger partial charge < -0.3 is 9.84 Å². The van der Waals surface area contributed by atoms with Gasteiger partial charge in [0.05, 0.1) is 6.04 Å². The Morgan fingerprint density at radius 1 is 1.23 bits per heavy atom. The van der Waals surface area contributed by atoms with Crippen molar-refractivity contribution in [2.24, 2.45) is 0 Å². The lowest BCUT2D eigenvalue weighted by molar-refractivity contribution is -0.121. The van der Waals surface area contributed by atoms with Gasteiger partial charge in [0.1, 0.15) is 0 Å². The van der Waals surface area contributed by atoms with Crippen LogP contribution >= 0.6 is 0 Å². The number of hydrogen-bond donors (Lipinski definition) is 1. The summed E-state index contributed by atoms with van der Waals surface area (Å²) in [6, 6.07) is 11.9. The predicted octanol–water partition coefficient (Wildman–Crippen LogP) is 3.64. The summed E-state index contributed by atoms with van der Waals surface area (Å²) in [4.78, 5) is 20.6. The van der Waals surface area contributed by atoms with E-state index in [1.165, 1.54) is 5.56 Å². The van der Waals surface area contributed by atoms with Crippen LogP contribution in [0.4, 0.5) is 0 Å². The van der Waals surface area contributed by atoms with Crippen LogP contribution in [0.3, 0.4) is 0 Å². The highest BCUT2D eigenvalue weighted by Crippen LogP contribution is 2.18. The standard InChI is InChI=1S/C20H22N4O2/c1-3-17(15-8-6-14(2)7-9-15)22-18(25)10-11-19-23-20(24-26-19)16-5-4-12-21-13-16/h4-9,12-13,17H,3,10-11H2,1-2H3,(H,22,25)/t17-/m1/s1. The molecule has 0 unspecified atom stereocenters. The lowest BCUT2D eigenvalue weighted by Crippen LogP contribution is -2.28. The van der Waals surface area contributed by atoms with Gasteiger partial charge in [-0.05, 0) is 31.0 Å². The van der Waals surface area contributed by atoms with E-state index >= 15 is 0 Å².